The SMILES string of the molecule is CC(C)C(CNC(=O)OC(C)(C)C)NCC1CCN(C)CC1. The minimum Gasteiger partial charge on any atom is -0.444 e. The molecule has 1 aliphatic rings. The summed E-state index contributed by atoms with van der Waals surface area (Å²) in [5, 5.41) is 6.52. The second-order valence-electron chi connectivity index (χ2n) is 7.89. The minimum absolute atomic E-state index is 0.284. The summed E-state index contributed by atoms with van der Waals surface area (Å²) in [6.07, 6.45) is 2.18. The van der Waals surface area contributed by atoms with E-state index in [1.54, 1.807) is 0 Å². The van der Waals surface area contributed by atoms with Crippen LogP contribution in [0.5, 0.6) is 0 Å². The van der Waals surface area contributed by atoms with Gasteiger partial charge in [0.15, 0.2) is 0 Å². The van der Waals surface area contributed by atoms with E-state index in [0.717, 1.165) is 12.5 Å². The lowest BCUT2D eigenvalue weighted by Crippen LogP contribution is -2.47. The van der Waals surface area contributed by atoms with E-state index in [9.17, 15) is 4.79 Å². The van der Waals surface area contributed by atoms with E-state index in [-0.39, 0.29) is 12.1 Å². The zero-order chi connectivity index (χ0) is 16.8. The number of alkyl carbamates (subject to hydrolysis) is 1. The third-order valence-electron chi connectivity index (χ3n) is 4.18. The molecule has 0 spiro atoms. The van der Waals surface area contributed by atoms with Crippen LogP contribution in [0.2, 0.25) is 0 Å². The molecule has 0 aromatic heterocycles. The summed E-state index contributed by atoms with van der Waals surface area (Å²) in [6.45, 7) is 14.0. The molecule has 22 heavy (non-hydrogen) atoms. The number of rotatable bonds is 6. The van der Waals surface area contributed by atoms with Crippen LogP contribution in [0, 0.1) is 11.8 Å². The van der Waals surface area contributed by atoms with E-state index in [2.05, 4.69) is 36.4 Å². The van der Waals surface area contributed by atoms with E-state index >= 15 is 0 Å². The standard InChI is InChI=1S/C17H35N3O2/c1-13(2)15(12-19-16(21)22-17(3,4)5)18-11-14-7-9-20(6)10-8-14/h13-15,18H,7-12H2,1-6H3,(H,19,21). The van der Waals surface area contributed by atoms with Crippen LogP contribution in [0.1, 0.15) is 47.5 Å². The lowest BCUT2D eigenvalue weighted by atomic mass is 9.96. The molecule has 5 nitrogen and oxygen atoms in total. The highest BCUT2D eigenvalue weighted by Crippen LogP contribution is 2.15. The lowest BCUT2D eigenvalue weighted by Gasteiger charge is -2.31. The van der Waals surface area contributed by atoms with E-state index in [4.69, 9.17) is 4.74 Å². The number of hydrogen-bond acceptors (Lipinski definition) is 4. The average molecular weight is 313 g/mol. The average Bonchev–Trinajstić information content (AvgIpc) is 2.38. The molecule has 0 bridgehead atoms. The fourth-order valence-electron chi connectivity index (χ4n) is 2.64. The minimum atomic E-state index is -0.445. The van der Waals surface area contributed by atoms with Gasteiger partial charge in [0.1, 0.15) is 5.60 Å². The van der Waals surface area contributed by atoms with Gasteiger partial charge in [0.2, 0.25) is 0 Å². The second-order valence-corrected chi connectivity index (χ2v) is 7.89. The summed E-state index contributed by atoms with van der Waals surface area (Å²) in [4.78, 5) is 14.2. The van der Waals surface area contributed by atoms with Crippen molar-refractivity contribution in [2.24, 2.45) is 11.8 Å². The van der Waals surface area contributed by atoms with Crippen molar-refractivity contribution in [2.75, 3.05) is 33.2 Å². The van der Waals surface area contributed by atoms with Crippen molar-refractivity contribution >= 4 is 6.09 Å². The van der Waals surface area contributed by atoms with Gasteiger partial charge in [-0.25, -0.2) is 4.79 Å². The van der Waals surface area contributed by atoms with Crippen LogP contribution in [-0.2, 0) is 4.74 Å². The van der Waals surface area contributed by atoms with Crippen LogP contribution < -0.4 is 10.6 Å². The van der Waals surface area contributed by atoms with Gasteiger partial charge in [-0.2, -0.15) is 0 Å². The van der Waals surface area contributed by atoms with Crippen molar-refractivity contribution in [1.29, 1.82) is 0 Å². The molecule has 0 aromatic carbocycles. The fourth-order valence-corrected chi connectivity index (χ4v) is 2.64. The molecule has 1 fully saturated rings. The molecule has 2 N–H and O–H groups in total. The Labute approximate surface area is 136 Å². The number of carbonyl (C=O) groups is 1. The number of nitrogens with zero attached hydrogens (tertiary/aromatic N) is 1. The van der Waals surface area contributed by atoms with Gasteiger partial charge in [0, 0.05) is 12.6 Å². The Bertz CT molecular complexity index is 331. The predicted octanol–water partition coefficient (Wildman–Crippen LogP) is 2.47. The topological polar surface area (TPSA) is 53.6 Å². The Hall–Kier alpha value is -0.810. The van der Waals surface area contributed by atoms with Crippen molar-refractivity contribution in [1.82, 2.24) is 15.5 Å². The molecule has 0 aromatic rings. The molecule has 130 valence electrons. The summed E-state index contributed by atoms with van der Waals surface area (Å²) >= 11 is 0. The molecule has 1 rings (SSSR count). The smallest absolute Gasteiger partial charge is 0.407 e. The fraction of sp³-hybridized carbons (Fsp3) is 0.941. The van der Waals surface area contributed by atoms with Gasteiger partial charge in [-0.3, -0.25) is 0 Å². The molecule has 1 unspecified atom stereocenters. The van der Waals surface area contributed by atoms with Crippen molar-refractivity contribution in [3.05, 3.63) is 0 Å². The molecule has 1 atom stereocenters. The highest BCUT2D eigenvalue weighted by Gasteiger charge is 2.21. The first-order valence-corrected chi connectivity index (χ1v) is 8.56. The maximum Gasteiger partial charge on any atom is 0.407 e. The zero-order valence-electron chi connectivity index (χ0n) is 15.2. The van der Waals surface area contributed by atoms with E-state index in [0.29, 0.717) is 12.5 Å². The first-order chi connectivity index (χ1) is 10.2. The van der Waals surface area contributed by atoms with Gasteiger partial charge in [-0.05, 0) is 72.1 Å². The van der Waals surface area contributed by atoms with Gasteiger partial charge in [0.25, 0.3) is 0 Å². The zero-order valence-corrected chi connectivity index (χ0v) is 15.2. The molecule has 1 aliphatic heterocycles. The highest BCUT2D eigenvalue weighted by atomic mass is 16.6. The Morgan fingerprint density at radius 3 is 2.36 bits per heavy atom. The van der Waals surface area contributed by atoms with Crippen LogP contribution in [-0.4, -0.2) is 55.9 Å². The number of amides is 1. The number of carbonyl (C=O) groups excluding carboxylic acids is 1. The van der Waals surface area contributed by atoms with Crippen LogP contribution in [0.15, 0.2) is 0 Å². The molecule has 1 heterocycles. The number of hydrogen-bond donors (Lipinski definition) is 2. The van der Waals surface area contributed by atoms with Crippen LogP contribution >= 0.6 is 0 Å². The van der Waals surface area contributed by atoms with E-state index < -0.39 is 5.60 Å². The van der Waals surface area contributed by atoms with Gasteiger partial charge in [-0.15, -0.1) is 0 Å². The molecule has 1 saturated heterocycles. The monoisotopic (exact) mass is 313 g/mol. The first-order valence-electron chi connectivity index (χ1n) is 8.56. The van der Waals surface area contributed by atoms with Crippen molar-refractivity contribution in [3.8, 4) is 0 Å². The molecular weight excluding hydrogens is 278 g/mol. The van der Waals surface area contributed by atoms with Gasteiger partial charge in [0.05, 0.1) is 0 Å². The Morgan fingerprint density at radius 1 is 1.27 bits per heavy atom. The molecule has 5 heteroatoms. The van der Waals surface area contributed by atoms with Crippen molar-refractivity contribution < 1.29 is 9.53 Å². The first kappa shape index (κ1) is 19.2. The Morgan fingerprint density at radius 2 is 1.86 bits per heavy atom. The van der Waals surface area contributed by atoms with Crippen molar-refractivity contribution in [3.63, 3.8) is 0 Å². The number of piperidine rings is 1. The number of ether oxygens (including phenoxy) is 1. The third-order valence-corrected chi connectivity index (χ3v) is 4.18. The van der Waals surface area contributed by atoms with Crippen LogP contribution in [0.25, 0.3) is 0 Å². The quantitative estimate of drug-likeness (QED) is 0.791. The molecular formula is C17H35N3O2. The van der Waals surface area contributed by atoms with Gasteiger partial charge >= 0.3 is 6.09 Å². The maximum atomic E-state index is 11.8. The largest absolute Gasteiger partial charge is 0.444 e. The molecule has 0 radical (unpaired) electrons. The summed E-state index contributed by atoms with van der Waals surface area (Å²) in [6, 6.07) is 0.284. The van der Waals surface area contributed by atoms with Gasteiger partial charge in [-0.1, -0.05) is 13.8 Å². The number of nitrogens with one attached hydrogen (secondary N) is 2. The third kappa shape index (κ3) is 7.99. The van der Waals surface area contributed by atoms with Crippen molar-refractivity contribution in [2.45, 2.75) is 59.1 Å². The van der Waals surface area contributed by atoms with Crippen LogP contribution in [0.3, 0.4) is 0 Å². The Kier molecular flexibility index (Phi) is 7.63. The van der Waals surface area contributed by atoms with Crippen LogP contribution in [0.4, 0.5) is 4.79 Å². The second kappa shape index (κ2) is 8.73. The summed E-state index contributed by atoms with van der Waals surface area (Å²) in [5.41, 5.74) is -0.445. The van der Waals surface area contributed by atoms with E-state index in [1.165, 1.54) is 25.9 Å². The molecule has 0 saturated carbocycles. The Balaban J connectivity index is 2.31. The highest BCUT2D eigenvalue weighted by molar-refractivity contribution is 5.67. The normalized spacial score (nSPS) is 19.2. The predicted molar refractivity (Wildman–Crippen MR) is 91.1 cm³/mol. The summed E-state index contributed by atoms with van der Waals surface area (Å²) < 4.78 is 5.29. The molecule has 1 amide bonds. The van der Waals surface area contributed by atoms with E-state index in [1.807, 2.05) is 20.8 Å². The maximum absolute atomic E-state index is 11.8. The summed E-state index contributed by atoms with van der Waals surface area (Å²) in [7, 11) is 2.19. The molecule has 0 aliphatic carbocycles. The number of likely N-dealkylation sites (tertiary alicyclic amines) is 1. The summed E-state index contributed by atoms with van der Waals surface area (Å²) in [5.74, 6) is 1.22. The lowest BCUT2D eigenvalue weighted by molar-refractivity contribution is 0.0518. The van der Waals surface area contributed by atoms with Gasteiger partial charge < -0.3 is 20.3 Å².